The van der Waals surface area contributed by atoms with Gasteiger partial charge in [-0.15, -0.1) is 0 Å². The summed E-state index contributed by atoms with van der Waals surface area (Å²) in [7, 11) is 0. The summed E-state index contributed by atoms with van der Waals surface area (Å²) in [4.78, 5) is 39.5. The lowest BCUT2D eigenvalue weighted by Gasteiger charge is -2.33. The third-order valence-corrected chi connectivity index (χ3v) is 7.44. The normalized spacial score (nSPS) is 21.0. The lowest BCUT2D eigenvalue weighted by atomic mass is 9.79. The van der Waals surface area contributed by atoms with Crippen LogP contribution in [0.4, 0.5) is 4.79 Å². The number of fused-ring (bicyclic) bond motifs is 1. The fraction of sp³-hybridized carbons (Fsp3) is 0.407. The molecule has 2 aliphatic heterocycles. The Labute approximate surface area is 204 Å². The minimum atomic E-state index is -1.12. The molecule has 2 aliphatic rings. The molecule has 5 rings (SSSR count). The molecule has 4 amide bonds. The van der Waals surface area contributed by atoms with Gasteiger partial charge < -0.3 is 10.2 Å². The number of rotatable bonds is 4. The molecule has 182 valence electrons. The molecule has 0 saturated carbocycles. The molecule has 2 N–H and O–H groups in total. The Balaban J connectivity index is 1.28. The van der Waals surface area contributed by atoms with Crippen LogP contribution in [0.5, 0.6) is 0 Å². The van der Waals surface area contributed by atoms with Gasteiger partial charge >= 0.3 is 6.03 Å². The summed E-state index contributed by atoms with van der Waals surface area (Å²) in [6, 6.07) is 11.1. The Morgan fingerprint density at radius 2 is 1.77 bits per heavy atom. The minimum absolute atomic E-state index is 0.0226. The van der Waals surface area contributed by atoms with Gasteiger partial charge in [0.1, 0.15) is 5.54 Å². The largest absolute Gasteiger partial charge is 0.338 e. The van der Waals surface area contributed by atoms with Crippen LogP contribution in [0.1, 0.15) is 59.8 Å². The highest BCUT2D eigenvalue weighted by molar-refractivity contribution is 6.07. The third kappa shape index (κ3) is 3.87. The van der Waals surface area contributed by atoms with Crippen molar-refractivity contribution in [2.45, 2.75) is 52.1 Å². The smallest absolute Gasteiger partial charge is 0.322 e. The summed E-state index contributed by atoms with van der Waals surface area (Å²) in [6.45, 7) is 9.29. The number of imide groups is 1. The molecule has 3 heterocycles. The number of nitrogens with one attached hydrogen (secondary N) is 2. The predicted octanol–water partition coefficient (Wildman–Crippen LogP) is 3.82. The highest BCUT2D eigenvalue weighted by atomic mass is 16.2. The van der Waals surface area contributed by atoms with Gasteiger partial charge in [0, 0.05) is 30.2 Å². The van der Waals surface area contributed by atoms with Gasteiger partial charge in [0.25, 0.3) is 11.8 Å². The number of carbonyl (C=O) groups excluding carboxylic acids is 3. The first-order valence-electron chi connectivity index (χ1n) is 12.2. The van der Waals surface area contributed by atoms with Gasteiger partial charge in [-0.3, -0.25) is 19.6 Å². The molecule has 1 atom stereocenters. The van der Waals surface area contributed by atoms with Gasteiger partial charge in [0.15, 0.2) is 0 Å². The monoisotopic (exact) mass is 473 g/mol. The molecule has 0 spiro atoms. The van der Waals surface area contributed by atoms with Crippen molar-refractivity contribution < 1.29 is 14.4 Å². The highest BCUT2D eigenvalue weighted by Gasteiger charge is 2.50. The molecule has 3 aromatic rings. The first kappa shape index (κ1) is 23.1. The van der Waals surface area contributed by atoms with E-state index in [0.29, 0.717) is 24.2 Å². The number of urea groups is 1. The van der Waals surface area contributed by atoms with E-state index >= 15 is 0 Å². The number of hydrogen-bond acceptors (Lipinski definition) is 4. The van der Waals surface area contributed by atoms with Crippen LogP contribution in [0.2, 0.25) is 0 Å². The Morgan fingerprint density at radius 3 is 2.37 bits per heavy atom. The van der Waals surface area contributed by atoms with Crippen molar-refractivity contribution in [3.05, 3.63) is 64.8 Å². The number of likely N-dealkylation sites (tertiary alicyclic amines) is 1. The summed E-state index contributed by atoms with van der Waals surface area (Å²) >= 11 is 0. The molecule has 0 aliphatic carbocycles. The van der Waals surface area contributed by atoms with Crippen LogP contribution in [0.15, 0.2) is 42.6 Å². The topological polar surface area (TPSA) is 96.3 Å². The molecule has 1 aromatic heterocycles. The molecule has 8 nitrogen and oxygen atoms in total. The van der Waals surface area contributed by atoms with Crippen molar-refractivity contribution in [1.82, 2.24) is 25.3 Å². The van der Waals surface area contributed by atoms with E-state index in [0.717, 1.165) is 23.7 Å². The summed E-state index contributed by atoms with van der Waals surface area (Å²) in [6.07, 6.45) is 3.82. The van der Waals surface area contributed by atoms with Crippen molar-refractivity contribution >= 4 is 28.7 Å². The van der Waals surface area contributed by atoms with Crippen LogP contribution in [0, 0.1) is 19.8 Å². The number of amides is 4. The lowest BCUT2D eigenvalue weighted by molar-refractivity contribution is -0.125. The van der Waals surface area contributed by atoms with Crippen LogP contribution in [0.25, 0.3) is 10.9 Å². The van der Waals surface area contributed by atoms with E-state index in [-0.39, 0.29) is 23.8 Å². The molecular formula is C27H31N5O3. The zero-order chi connectivity index (χ0) is 24.9. The van der Waals surface area contributed by atoms with E-state index < -0.39 is 11.6 Å². The number of carbonyl (C=O) groups is 3. The average molecular weight is 474 g/mol. The second-order valence-electron chi connectivity index (χ2n) is 10.1. The molecule has 2 fully saturated rings. The molecule has 8 heteroatoms. The van der Waals surface area contributed by atoms with Crippen LogP contribution in [0.3, 0.4) is 0 Å². The first-order valence-corrected chi connectivity index (χ1v) is 12.2. The minimum Gasteiger partial charge on any atom is -0.338 e. The summed E-state index contributed by atoms with van der Waals surface area (Å²) in [5, 5.41) is 11.1. The molecule has 2 aromatic carbocycles. The Kier molecular flexibility index (Phi) is 5.62. The second kappa shape index (κ2) is 8.52. The van der Waals surface area contributed by atoms with E-state index in [1.165, 1.54) is 11.1 Å². The van der Waals surface area contributed by atoms with Gasteiger partial charge in [-0.05, 0) is 61.9 Å². The Bertz CT molecular complexity index is 1320. The van der Waals surface area contributed by atoms with Crippen LogP contribution in [-0.4, -0.2) is 45.6 Å². The van der Waals surface area contributed by atoms with E-state index in [4.69, 9.17) is 5.10 Å². The molecular weight excluding hydrogens is 442 g/mol. The van der Waals surface area contributed by atoms with Crippen molar-refractivity contribution in [3.63, 3.8) is 0 Å². The van der Waals surface area contributed by atoms with Crippen LogP contribution in [-0.2, 0) is 10.3 Å². The molecule has 0 bridgehead atoms. The molecule has 35 heavy (non-hydrogen) atoms. The van der Waals surface area contributed by atoms with Crippen molar-refractivity contribution in [2.75, 3.05) is 13.1 Å². The van der Waals surface area contributed by atoms with Crippen molar-refractivity contribution in [3.8, 4) is 0 Å². The van der Waals surface area contributed by atoms with Crippen molar-refractivity contribution in [1.29, 1.82) is 0 Å². The van der Waals surface area contributed by atoms with Crippen LogP contribution >= 0.6 is 0 Å². The Hall–Kier alpha value is -3.68. The van der Waals surface area contributed by atoms with E-state index in [2.05, 4.69) is 47.5 Å². The SMILES string of the molecule is Cc1cc(C)c2nn(C3CCN(C(=O)c4ccc([C@@]5(C(C)C)NC(=O)NC5=O)cc4)CC3)cc2c1. The number of aryl methyl sites for hydroxylation is 2. The number of benzene rings is 2. The zero-order valence-electron chi connectivity index (χ0n) is 20.6. The molecule has 2 saturated heterocycles. The average Bonchev–Trinajstić information content (AvgIpc) is 3.39. The third-order valence-electron chi connectivity index (χ3n) is 7.44. The van der Waals surface area contributed by atoms with Gasteiger partial charge in [-0.25, -0.2) is 4.79 Å². The fourth-order valence-corrected chi connectivity index (χ4v) is 5.51. The van der Waals surface area contributed by atoms with E-state index in [1.54, 1.807) is 24.3 Å². The van der Waals surface area contributed by atoms with Gasteiger partial charge in [0.05, 0.1) is 11.6 Å². The molecule has 0 radical (unpaired) electrons. The van der Waals surface area contributed by atoms with E-state index in [1.807, 2.05) is 18.7 Å². The lowest BCUT2D eigenvalue weighted by Crippen LogP contribution is -2.48. The Morgan fingerprint density at radius 1 is 1.09 bits per heavy atom. The van der Waals surface area contributed by atoms with Gasteiger partial charge in [0.2, 0.25) is 0 Å². The highest BCUT2D eigenvalue weighted by Crippen LogP contribution is 2.33. The maximum Gasteiger partial charge on any atom is 0.322 e. The summed E-state index contributed by atoms with van der Waals surface area (Å²) in [5.74, 6) is -0.540. The second-order valence-corrected chi connectivity index (χ2v) is 10.1. The van der Waals surface area contributed by atoms with Crippen molar-refractivity contribution in [2.24, 2.45) is 5.92 Å². The maximum atomic E-state index is 13.2. The zero-order valence-corrected chi connectivity index (χ0v) is 20.6. The fourth-order valence-electron chi connectivity index (χ4n) is 5.51. The van der Waals surface area contributed by atoms with Crippen LogP contribution < -0.4 is 10.6 Å². The number of nitrogens with zero attached hydrogens (tertiary/aromatic N) is 3. The summed E-state index contributed by atoms with van der Waals surface area (Å²) < 4.78 is 2.07. The number of piperidine rings is 1. The molecule has 0 unspecified atom stereocenters. The van der Waals surface area contributed by atoms with Gasteiger partial charge in [-0.1, -0.05) is 37.6 Å². The van der Waals surface area contributed by atoms with E-state index in [9.17, 15) is 14.4 Å². The maximum absolute atomic E-state index is 13.2. The standard InChI is InChI=1S/C27H31N5O3/c1-16(2)27(25(34)28-26(35)29-27)21-7-5-19(6-8-21)24(33)31-11-9-22(10-12-31)32-15-20-14-17(3)13-18(4)23(20)30-32/h5-8,13-16,22H,9-12H2,1-4H3,(H2,28,29,34,35)/t27-/m1/s1. The number of hydrogen-bond donors (Lipinski definition) is 2. The number of aromatic nitrogens is 2. The predicted molar refractivity (Wildman–Crippen MR) is 133 cm³/mol. The first-order chi connectivity index (χ1) is 16.7. The quantitative estimate of drug-likeness (QED) is 0.563. The van der Waals surface area contributed by atoms with Gasteiger partial charge in [-0.2, -0.15) is 5.10 Å². The summed E-state index contributed by atoms with van der Waals surface area (Å²) in [5.41, 5.74) is 3.58.